The third-order valence-electron chi connectivity index (χ3n) is 3.34. The highest BCUT2D eigenvalue weighted by atomic mass is 32.1. The second kappa shape index (κ2) is 9.02. The molecule has 0 aliphatic carbocycles. The number of carbonyl (C=O) groups is 2. The number of aliphatic hydroxyl groups excluding tert-OH is 1. The van der Waals surface area contributed by atoms with Gasteiger partial charge in [0.05, 0.1) is 12.8 Å². The van der Waals surface area contributed by atoms with Crippen molar-refractivity contribution < 1.29 is 19.4 Å². The van der Waals surface area contributed by atoms with Crippen molar-refractivity contribution in [2.24, 2.45) is 5.92 Å². The fraction of sp³-hybridized carbons (Fsp3) is 0.643. The van der Waals surface area contributed by atoms with Crippen LogP contribution in [0.3, 0.4) is 0 Å². The van der Waals surface area contributed by atoms with E-state index in [0.29, 0.717) is 11.4 Å². The molecule has 121 valence electrons. The number of hydrogen-bond donors (Lipinski definition) is 1. The zero-order valence-corrected chi connectivity index (χ0v) is 14.2. The molecule has 1 aromatic heterocycles. The van der Waals surface area contributed by atoms with Crippen LogP contribution in [0.4, 0.5) is 0 Å². The van der Waals surface area contributed by atoms with Crippen LogP contribution in [0.5, 0.6) is 0 Å². The van der Waals surface area contributed by atoms with E-state index >= 15 is 0 Å². The van der Waals surface area contributed by atoms with Crippen LogP contribution in [0.15, 0.2) is 5.38 Å². The van der Waals surface area contributed by atoms with Gasteiger partial charge < -0.3 is 19.4 Å². The topological polar surface area (TPSA) is 79.7 Å². The van der Waals surface area contributed by atoms with Crippen molar-refractivity contribution in [3.05, 3.63) is 16.1 Å². The smallest absolute Gasteiger partial charge is 0.357 e. The van der Waals surface area contributed by atoms with Crippen LogP contribution in [-0.4, -0.2) is 54.2 Å². The van der Waals surface area contributed by atoms with Crippen molar-refractivity contribution in [2.75, 3.05) is 13.7 Å². The van der Waals surface area contributed by atoms with Gasteiger partial charge >= 0.3 is 5.97 Å². The van der Waals surface area contributed by atoms with E-state index in [1.807, 2.05) is 13.8 Å². The highest BCUT2D eigenvalue weighted by molar-refractivity contribution is 7.09. The Hall–Kier alpha value is -1.25. The van der Waals surface area contributed by atoms with Gasteiger partial charge in [-0.25, -0.2) is 9.78 Å². The van der Waals surface area contributed by atoms with E-state index in [9.17, 15) is 14.7 Å². The molecular formula is C14H22BN2O4S. The quantitative estimate of drug-likeness (QED) is 0.421. The molecule has 2 atom stereocenters. The maximum atomic E-state index is 11.6. The summed E-state index contributed by atoms with van der Waals surface area (Å²) in [4.78, 5) is 28.1. The average Bonchev–Trinajstić information content (AvgIpc) is 2.94. The molecule has 0 bridgehead atoms. The first kappa shape index (κ1) is 18.8. The fourth-order valence-corrected chi connectivity index (χ4v) is 2.97. The zero-order valence-electron chi connectivity index (χ0n) is 13.4. The lowest BCUT2D eigenvalue weighted by molar-refractivity contribution is 0.0519. The van der Waals surface area contributed by atoms with Crippen molar-refractivity contribution in [3.63, 3.8) is 0 Å². The van der Waals surface area contributed by atoms with Crippen molar-refractivity contribution in [1.82, 2.24) is 9.79 Å². The molecule has 8 heteroatoms. The fourth-order valence-electron chi connectivity index (χ4n) is 2.18. The maximum Gasteiger partial charge on any atom is 0.357 e. The molecule has 0 fully saturated rings. The Morgan fingerprint density at radius 2 is 2.27 bits per heavy atom. The summed E-state index contributed by atoms with van der Waals surface area (Å²) in [5.74, 6) is -0.232. The summed E-state index contributed by atoms with van der Waals surface area (Å²) in [5.41, 5.74) is 0.217. The Kier molecular flexibility index (Phi) is 7.71. The summed E-state index contributed by atoms with van der Waals surface area (Å²) in [6.45, 7) is 6.07. The van der Waals surface area contributed by atoms with Crippen molar-refractivity contribution in [3.8, 4) is 0 Å². The predicted molar refractivity (Wildman–Crippen MR) is 86.5 cm³/mol. The number of aliphatic hydroxyl groups is 1. The van der Waals surface area contributed by atoms with Crippen LogP contribution in [0.1, 0.15) is 48.8 Å². The lowest BCUT2D eigenvalue weighted by Crippen LogP contribution is -2.40. The normalized spacial score (nSPS) is 14.0. The number of aromatic nitrogens is 1. The molecule has 0 saturated heterocycles. The molecule has 1 N–H and O–H groups in total. The highest BCUT2D eigenvalue weighted by Crippen LogP contribution is 2.26. The first-order valence-electron chi connectivity index (χ1n) is 7.21. The van der Waals surface area contributed by atoms with E-state index in [1.165, 1.54) is 18.8 Å². The lowest BCUT2D eigenvalue weighted by atomic mass is 9.86. The molecule has 1 aromatic rings. The van der Waals surface area contributed by atoms with Crippen LogP contribution in [0.25, 0.3) is 0 Å². The molecule has 0 aromatic carbocycles. The van der Waals surface area contributed by atoms with Crippen molar-refractivity contribution >= 4 is 30.9 Å². The summed E-state index contributed by atoms with van der Waals surface area (Å²) >= 11 is 1.23. The number of nitrogens with zero attached hydrogens (tertiary/aromatic N) is 2. The van der Waals surface area contributed by atoms with Crippen LogP contribution in [-0.2, 0) is 9.53 Å². The summed E-state index contributed by atoms with van der Waals surface area (Å²) in [5, 5.41) is 12.4. The van der Waals surface area contributed by atoms with E-state index in [-0.39, 0.29) is 24.3 Å². The standard InChI is InChI=1S/C14H22BN2O4S/c1-5-21-14(20)10-7-22-13(16-10)12(19)6-11(9(2)3)17(4)15-8-18/h7-9,11-12,19H,5-6H2,1-4H3/t11?,12-/m0/s1. The Labute approximate surface area is 135 Å². The number of hydrogen-bond acceptors (Lipinski definition) is 7. The van der Waals surface area contributed by atoms with Crippen LogP contribution in [0.2, 0.25) is 0 Å². The Morgan fingerprint density at radius 1 is 1.59 bits per heavy atom. The molecule has 1 heterocycles. The number of esters is 1. The van der Waals surface area contributed by atoms with Crippen LogP contribution >= 0.6 is 11.3 Å². The summed E-state index contributed by atoms with van der Waals surface area (Å²) in [6, 6.07) is -0.00450. The molecular weight excluding hydrogens is 303 g/mol. The third kappa shape index (κ3) is 5.19. The Bertz CT molecular complexity index is 495. The first-order valence-corrected chi connectivity index (χ1v) is 8.09. The summed E-state index contributed by atoms with van der Waals surface area (Å²) in [7, 11) is 3.25. The lowest BCUT2D eigenvalue weighted by Gasteiger charge is -2.31. The van der Waals surface area contributed by atoms with Gasteiger partial charge in [-0.2, -0.15) is 0 Å². The van der Waals surface area contributed by atoms with Gasteiger partial charge in [-0.3, -0.25) is 0 Å². The highest BCUT2D eigenvalue weighted by Gasteiger charge is 2.25. The SMILES string of the molecule is CCOC(=O)c1csc([C@@H](O)CC(C(C)C)N(C)[B]C=O)n1. The second-order valence-electron chi connectivity index (χ2n) is 5.30. The van der Waals surface area contributed by atoms with Gasteiger partial charge in [-0.15, -0.1) is 11.3 Å². The van der Waals surface area contributed by atoms with Crippen LogP contribution in [0, 0.1) is 5.92 Å². The minimum atomic E-state index is -0.789. The number of carbonyl (C=O) groups excluding carboxylic acids is 2. The van der Waals surface area contributed by atoms with Crippen molar-refractivity contribution in [2.45, 2.75) is 39.3 Å². The molecule has 6 nitrogen and oxygen atoms in total. The number of ether oxygens (including phenoxy) is 1. The third-order valence-corrected chi connectivity index (χ3v) is 4.29. The zero-order chi connectivity index (χ0) is 16.7. The van der Waals surface area contributed by atoms with Gasteiger partial charge in [-0.05, 0) is 26.3 Å². The van der Waals surface area contributed by atoms with E-state index in [0.717, 1.165) is 6.19 Å². The van der Waals surface area contributed by atoms with E-state index in [2.05, 4.69) is 4.98 Å². The average molecular weight is 325 g/mol. The number of thiazole rings is 1. The van der Waals surface area contributed by atoms with E-state index < -0.39 is 12.1 Å². The Balaban J connectivity index is 2.75. The molecule has 0 aliphatic heterocycles. The van der Waals surface area contributed by atoms with Gasteiger partial charge in [0, 0.05) is 11.4 Å². The molecule has 0 saturated carbocycles. The minimum Gasteiger partial charge on any atom is -0.461 e. The predicted octanol–water partition coefficient (Wildman–Crippen LogP) is 1.51. The number of rotatable bonds is 9. The first-order chi connectivity index (χ1) is 10.4. The van der Waals surface area contributed by atoms with Gasteiger partial charge in [0.15, 0.2) is 5.69 Å². The molecule has 1 radical (unpaired) electrons. The monoisotopic (exact) mass is 325 g/mol. The molecule has 0 aliphatic rings. The van der Waals surface area contributed by atoms with Gasteiger partial charge in [0.25, 0.3) is 7.41 Å². The molecule has 22 heavy (non-hydrogen) atoms. The molecule has 0 spiro atoms. The Morgan fingerprint density at radius 3 is 2.82 bits per heavy atom. The van der Waals surface area contributed by atoms with E-state index in [1.54, 1.807) is 24.2 Å². The van der Waals surface area contributed by atoms with E-state index in [4.69, 9.17) is 4.74 Å². The van der Waals surface area contributed by atoms with Crippen LogP contribution < -0.4 is 0 Å². The summed E-state index contributed by atoms with van der Waals surface area (Å²) in [6.07, 6.45) is 0.362. The van der Waals surface area contributed by atoms with Gasteiger partial charge in [0.2, 0.25) is 0 Å². The summed E-state index contributed by atoms with van der Waals surface area (Å²) < 4.78 is 4.88. The largest absolute Gasteiger partial charge is 0.461 e. The second-order valence-corrected chi connectivity index (χ2v) is 6.19. The molecule has 1 unspecified atom stereocenters. The maximum absolute atomic E-state index is 11.6. The molecule has 0 amide bonds. The molecule has 1 rings (SSSR count). The minimum absolute atomic E-state index is 0.00450. The van der Waals surface area contributed by atoms with Gasteiger partial charge in [0.1, 0.15) is 11.1 Å². The van der Waals surface area contributed by atoms with Crippen molar-refractivity contribution in [1.29, 1.82) is 0 Å². The van der Waals surface area contributed by atoms with Gasteiger partial charge in [-0.1, -0.05) is 13.8 Å².